The Morgan fingerprint density at radius 1 is 0.951 bits per heavy atom. The number of hydrogen-bond acceptors (Lipinski definition) is 10. The maximum absolute atomic E-state index is 14.1. The minimum atomic E-state index is -0.760. The molecule has 16 nitrogen and oxygen atoms in total. The highest BCUT2D eigenvalue weighted by Crippen LogP contribution is 2.45. The number of carbonyl (C=O) groups excluding carboxylic acids is 4. The second-order valence-electron chi connectivity index (χ2n) is 17.2. The van der Waals surface area contributed by atoms with Gasteiger partial charge < -0.3 is 49.3 Å². The molecule has 16 heteroatoms. The van der Waals surface area contributed by atoms with E-state index in [1.807, 2.05) is 42.8 Å². The van der Waals surface area contributed by atoms with Crippen molar-refractivity contribution < 1.29 is 38.1 Å². The predicted molar refractivity (Wildman–Crippen MR) is 225 cm³/mol. The van der Waals surface area contributed by atoms with E-state index in [0.29, 0.717) is 32.0 Å². The van der Waals surface area contributed by atoms with Crippen molar-refractivity contribution in [1.82, 2.24) is 40.4 Å². The number of nitrogens with zero attached hydrogens (tertiary/aromatic N) is 4. The highest BCUT2D eigenvalue weighted by Gasteiger charge is 2.48. The van der Waals surface area contributed by atoms with Crippen LogP contribution in [0.25, 0.3) is 44.2 Å². The number of H-pyrrole nitrogens is 2. The fourth-order valence-electron chi connectivity index (χ4n) is 10.0. The molecule has 4 amide bonds. The Balaban J connectivity index is 0.973. The Morgan fingerprint density at radius 3 is 2.54 bits per heavy atom. The molecule has 9 rings (SSSR count). The molecular formula is C45H52N8O8. The summed E-state index contributed by atoms with van der Waals surface area (Å²) in [7, 11) is 4.25. The fraction of sp³-hybridized carbons (Fsp3) is 0.467. The highest BCUT2D eigenvalue weighted by atomic mass is 16.5. The Hall–Kier alpha value is -6.16. The number of piperidine rings is 1. The SMILES string of the molecule is COC[C@H]1C[C@@H](c2nc3c(ccc4cc5c(cc43)OCc3cc(-c4cnc([C@@H]6CC[C@@H]7CC(C)[C@H](NC(=O)OC)C(=O)N76)[nH]4)ccc3-5)[nH]2)N(C(=O)[C@@H](NC(=O)OC)C(C)C)C1. The lowest BCUT2D eigenvalue weighted by molar-refractivity contribution is -0.142. The Kier molecular flexibility index (Phi) is 10.6. The number of benzene rings is 3. The second-order valence-corrected chi connectivity index (χ2v) is 17.2. The van der Waals surface area contributed by atoms with Gasteiger partial charge in [0.05, 0.1) is 55.8 Å². The first-order chi connectivity index (χ1) is 29.5. The van der Waals surface area contributed by atoms with Crippen molar-refractivity contribution in [2.24, 2.45) is 17.8 Å². The third-order valence-electron chi connectivity index (χ3n) is 13.1. The molecule has 0 radical (unpaired) electrons. The van der Waals surface area contributed by atoms with Crippen LogP contribution in [-0.4, -0.2) is 106 Å². The summed E-state index contributed by atoms with van der Waals surface area (Å²) in [4.78, 5) is 72.6. The molecule has 0 bridgehead atoms. The Labute approximate surface area is 353 Å². The van der Waals surface area contributed by atoms with Gasteiger partial charge in [-0.2, -0.15) is 0 Å². The lowest BCUT2D eigenvalue weighted by Gasteiger charge is -2.41. The molecule has 4 aliphatic rings. The van der Waals surface area contributed by atoms with Crippen LogP contribution in [0.15, 0.2) is 48.7 Å². The molecule has 3 fully saturated rings. The fourth-order valence-corrected chi connectivity index (χ4v) is 10.0. The highest BCUT2D eigenvalue weighted by molar-refractivity contribution is 6.07. The lowest BCUT2D eigenvalue weighted by atomic mass is 9.88. The van der Waals surface area contributed by atoms with Crippen LogP contribution in [0.5, 0.6) is 5.75 Å². The minimum Gasteiger partial charge on any atom is -0.488 e. The monoisotopic (exact) mass is 832 g/mol. The number of aromatic nitrogens is 4. The number of carbonyl (C=O) groups is 4. The zero-order valence-corrected chi connectivity index (χ0v) is 35.2. The van der Waals surface area contributed by atoms with Gasteiger partial charge in [-0.1, -0.05) is 39.0 Å². The average molecular weight is 833 g/mol. The van der Waals surface area contributed by atoms with Crippen molar-refractivity contribution in [2.45, 2.75) is 83.3 Å². The molecule has 4 N–H and O–H groups in total. The standard InChI is InChI=1S/C45H52N8O8/c1-22(2)37(50-44(56)59-5)42(54)52-19-24(20-58-4)14-35(52)41-47-32-11-8-25-16-31-29-10-7-26(15-27(29)21-61-36(31)17-30(25)39(32)49-41)33-18-46-40(48-33)34-12-9-28-13-23(3)38(43(55)53(28)34)51-45(57)60-6/h7-8,10-11,15-18,22-24,28,34-35,37-38H,9,12-14,19-21H2,1-6H3,(H,46,48)(H,47,49)(H,50,56)(H,51,57)/t23?,24-,28+,34-,35-,37-,38-/m0/s1. The van der Waals surface area contributed by atoms with E-state index in [1.165, 1.54) is 14.2 Å². The summed E-state index contributed by atoms with van der Waals surface area (Å²) in [6, 6.07) is 12.8. The third-order valence-corrected chi connectivity index (χ3v) is 13.1. The topological polar surface area (TPSA) is 193 Å². The van der Waals surface area contributed by atoms with E-state index in [1.54, 1.807) is 7.11 Å². The first-order valence-corrected chi connectivity index (χ1v) is 21.0. The predicted octanol–water partition coefficient (Wildman–Crippen LogP) is 6.38. The first kappa shape index (κ1) is 40.3. The van der Waals surface area contributed by atoms with E-state index in [4.69, 9.17) is 28.9 Å². The van der Waals surface area contributed by atoms with E-state index in [0.717, 1.165) is 80.6 Å². The quantitative estimate of drug-likeness (QED) is 0.130. The molecule has 5 aromatic rings. The maximum atomic E-state index is 14.1. The number of ether oxygens (including phenoxy) is 4. The summed E-state index contributed by atoms with van der Waals surface area (Å²) >= 11 is 0. The smallest absolute Gasteiger partial charge is 0.407 e. The first-order valence-electron chi connectivity index (χ1n) is 21.0. The summed E-state index contributed by atoms with van der Waals surface area (Å²) in [6.07, 6.45) is 3.69. The van der Waals surface area contributed by atoms with Gasteiger partial charge in [-0.3, -0.25) is 9.59 Å². The molecule has 0 spiro atoms. The summed E-state index contributed by atoms with van der Waals surface area (Å²) in [5.41, 5.74) is 6.55. The lowest BCUT2D eigenvalue weighted by Crippen LogP contribution is -2.58. The van der Waals surface area contributed by atoms with Crippen molar-refractivity contribution in [1.29, 1.82) is 0 Å². The zero-order valence-electron chi connectivity index (χ0n) is 35.2. The molecule has 0 saturated carbocycles. The van der Waals surface area contributed by atoms with Crippen LogP contribution < -0.4 is 15.4 Å². The van der Waals surface area contributed by atoms with E-state index < -0.39 is 24.3 Å². The molecule has 1 unspecified atom stereocenters. The van der Waals surface area contributed by atoms with Crippen molar-refractivity contribution in [2.75, 3.05) is 34.5 Å². The van der Waals surface area contributed by atoms with Crippen LogP contribution in [0.2, 0.25) is 0 Å². The molecule has 6 heterocycles. The Morgan fingerprint density at radius 2 is 1.77 bits per heavy atom. The van der Waals surface area contributed by atoms with Crippen molar-refractivity contribution in [3.8, 4) is 28.1 Å². The van der Waals surface area contributed by atoms with Gasteiger partial charge in [-0.25, -0.2) is 19.6 Å². The number of aromatic amines is 2. The van der Waals surface area contributed by atoms with E-state index >= 15 is 0 Å². The summed E-state index contributed by atoms with van der Waals surface area (Å²) in [6.45, 7) is 7.14. The van der Waals surface area contributed by atoms with Crippen LogP contribution in [-0.2, 0) is 30.4 Å². The largest absolute Gasteiger partial charge is 0.488 e. The summed E-state index contributed by atoms with van der Waals surface area (Å²) in [5, 5.41) is 7.41. The number of hydrogen-bond donors (Lipinski definition) is 4. The van der Waals surface area contributed by atoms with Gasteiger partial charge in [0.15, 0.2) is 0 Å². The number of alkyl carbamates (subject to hydrolysis) is 2. The van der Waals surface area contributed by atoms with Gasteiger partial charge in [0.2, 0.25) is 11.8 Å². The van der Waals surface area contributed by atoms with Gasteiger partial charge >= 0.3 is 12.2 Å². The van der Waals surface area contributed by atoms with E-state index in [-0.39, 0.29) is 47.7 Å². The zero-order chi connectivity index (χ0) is 42.7. The van der Waals surface area contributed by atoms with E-state index in [2.05, 4.69) is 57.0 Å². The van der Waals surface area contributed by atoms with E-state index in [9.17, 15) is 19.2 Å². The van der Waals surface area contributed by atoms with Crippen LogP contribution in [0.1, 0.15) is 75.8 Å². The Bertz CT molecular complexity index is 2530. The summed E-state index contributed by atoms with van der Waals surface area (Å²) in [5.74, 6) is 1.82. The van der Waals surface area contributed by atoms with Crippen molar-refractivity contribution in [3.63, 3.8) is 0 Å². The van der Waals surface area contributed by atoms with Crippen molar-refractivity contribution in [3.05, 3.63) is 65.9 Å². The normalized spacial score (nSPS) is 23.7. The molecule has 3 saturated heterocycles. The molecule has 7 atom stereocenters. The molecule has 0 aliphatic carbocycles. The van der Waals surface area contributed by atoms with Crippen molar-refractivity contribution >= 4 is 45.8 Å². The average Bonchev–Trinajstić information content (AvgIpc) is 4.09. The molecule has 3 aromatic carbocycles. The van der Waals surface area contributed by atoms with Crippen LogP contribution in [0, 0.1) is 17.8 Å². The molecule has 4 aliphatic heterocycles. The molecule has 61 heavy (non-hydrogen) atoms. The van der Waals surface area contributed by atoms with Gasteiger partial charge in [0, 0.05) is 36.6 Å². The second kappa shape index (κ2) is 16.0. The minimum absolute atomic E-state index is 0.00283. The number of likely N-dealkylation sites (tertiary alicyclic amines) is 1. The number of rotatable bonds is 9. The van der Waals surface area contributed by atoms with Crippen LogP contribution in [0.3, 0.4) is 0 Å². The van der Waals surface area contributed by atoms with Gasteiger partial charge in [-0.15, -0.1) is 0 Å². The van der Waals surface area contributed by atoms with Gasteiger partial charge in [0.1, 0.15) is 36.1 Å². The molecule has 320 valence electrons. The number of fused-ring (bicyclic) bond motifs is 7. The van der Waals surface area contributed by atoms with Crippen LogP contribution in [0.4, 0.5) is 9.59 Å². The van der Waals surface area contributed by atoms with Crippen LogP contribution >= 0.6 is 0 Å². The maximum Gasteiger partial charge on any atom is 0.407 e. The number of imidazole rings is 2. The van der Waals surface area contributed by atoms with Gasteiger partial charge in [-0.05, 0) is 83.9 Å². The molecular weight excluding hydrogens is 781 g/mol. The number of amides is 4. The number of nitrogens with one attached hydrogen (secondary N) is 4. The molecule has 2 aromatic heterocycles. The third kappa shape index (κ3) is 7.19. The summed E-state index contributed by atoms with van der Waals surface area (Å²) < 4.78 is 21.6. The number of methoxy groups -OCH3 is 3. The van der Waals surface area contributed by atoms with Gasteiger partial charge in [0.25, 0.3) is 0 Å².